The van der Waals surface area contributed by atoms with Crippen molar-refractivity contribution in [1.29, 1.82) is 0 Å². The molecule has 0 atom stereocenters. The van der Waals surface area contributed by atoms with E-state index in [1.54, 1.807) is 6.33 Å². The van der Waals surface area contributed by atoms with E-state index in [2.05, 4.69) is 29.1 Å². The molecule has 20 heavy (non-hydrogen) atoms. The molecule has 2 rings (SSSR count). The SMILES string of the molecule is CCCOc1cc(NC2(CCl)CCC(C)CC2)ncn1. The highest BCUT2D eigenvalue weighted by molar-refractivity contribution is 6.18. The second-order valence-electron chi connectivity index (χ2n) is 5.81. The fourth-order valence-corrected chi connectivity index (χ4v) is 2.91. The van der Waals surface area contributed by atoms with Crippen molar-refractivity contribution in [3.63, 3.8) is 0 Å². The van der Waals surface area contributed by atoms with Crippen molar-refractivity contribution in [2.75, 3.05) is 17.8 Å². The summed E-state index contributed by atoms with van der Waals surface area (Å²) in [6.07, 6.45) is 7.12. The summed E-state index contributed by atoms with van der Waals surface area (Å²) in [7, 11) is 0. The van der Waals surface area contributed by atoms with Crippen LogP contribution in [0.5, 0.6) is 5.88 Å². The zero-order chi connectivity index (χ0) is 14.4. The minimum atomic E-state index is -0.0373. The summed E-state index contributed by atoms with van der Waals surface area (Å²) < 4.78 is 5.54. The average molecular weight is 298 g/mol. The molecule has 0 aliphatic heterocycles. The van der Waals surface area contributed by atoms with Gasteiger partial charge in [-0.25, -0.2) is 9.97 Å². The predicted molar refractivity (Wildman–Crippen MR) is 82.5 cm³/mol. The van der Waals surface area contributed by atoms with Gasteiger partial charge in [-0.05, 0) is 38.0 Å². The Kier molecular flexibility index (Phi) is 5.46. The first kappa shape index (κ1) is 15.4. The topological polar surface area (TPSA) is 47.0 Å². The quantitative estimate of drug-likeness (QED) is 0.810. The van der Waals surface area contributed by atoms with E-state index in [-0.39, 0.29) is 5.54 Å². The molecule has 1 aromatic heterocycles. The fourth-order valence-electron chi connectivity index (χ4n) is 2.57. The highest BCUT2D eigenvalue weighted by Crippen LogP contribution is 2.35. The molecule has 0 spiro atoms. The second-order valence-corrected chi connectivity index (χ2v) is 6.08. The van der Waals surface area contributed by atoms with Crippen molar-refractivity contribution < 1.29 is 4.74 Å². The van der Waals surface area contributed by atoms with Crippen molar-refractivity contribution >= 4 is 17.4 Å². The summed E-state index contributed by atoms with van der Waals surface area (Å²) in [6, 6.07) is 1.86. The lowest BCUT2D eigenvalue weighted by Crippen LogP contribution is -2.43. The summed E-state index contributed by atoms with van der Waals surface area (Å²) in [6.45, 7) is 5.06. The van der Waals surface area contributed by atoms with Crippen LogP contribution in [0.15, 0.2) is 12.4 Å². The van der Waals surface area contributed by atoms with Crippen LogP contribution < -0.4 is 10.1 Å². The molecule has 0 radical (unpaired) electrons. The van der Waals surface area contributed by atoms with Gasteiger partial charge in [-0.2, -0.15) is 0 Å². The van der Waals surface area contributed by atoms with E-state index in [4.69, 9.17) is 16.3 Å². The molecule has 1 aliphatic rings. The van der Waals surface area contributed by atoms with E-state index in [1.807, 2.05) is 6.07 Å². The molecule has 4 nitrogen and oxygen atoms in total. The molecule has 1 N–H and O–H groups in total. The maximum atomic E-state index is 6.22. The number of nitrogens with one attached hydrogen (secondary N) is 1. The Morgan fingerprint density at radius 1 is 1.40 bits per heavy atom. The van der Waals surface area contributed by atoms with Crippen LogP contribution in [0.25, 0.3) is 0 Å². The van der Waals surface area contributed by atoms with E-state index in [0.717, 1.165) is 31.0 Å². The maximum Gasteiger partial charge on any atom is 0.218 e. The van der Waals surface area contributed by atoms with Crippen molar-refractivity contribution in [2.24, 2.45) is 5.92 Å². The molecule has 0 bridgehead atoms. The standard InChI is InChI=1S/C15H24ClN3O/c1-3-8-20-14-9-13(17-11-18-14)19-15(10-16)6-4-12(2)5-7-15/h9,11-12H,3-8,10H2,1-2H3,(H,17,18,19). The molecule has 1 fully saturated rings. The molecule has 0 unspecified atom stereocenters. The number of alkyl halides is 1. The first-order chi connectivity index (χ1) is 9.67. The predicted octanol–water partition coefficient (Wildman–Crippen LogP) is 3.87. The van der Waals surface area contributed by atoms with E-state index in [0.29, 0.717) is 18.4 Å². The Morgan fingerprint density at radius 2 is 2.15 bits per heavy atom. The Hall–Kier alpha value is -1.03. The van der Waals surface area contributed by atoms with Crippen molar-refractivity contribution in [1.82, 2.24) is 9.97 Å². The number of ether oxygens (including phenoxy) is 1. The van der Waals surface area contributed by atoms with Gasteiger partial charge in [0.2, 0.25) is 5.88 Å². The molecule has 1 saturated carbocycles. The lowest BCUT2D eigenvalue weighted by molar-refractivity contribution is 0.285. The van der Waals surface area contributed by atoms with Crippen LogP contribution in [0, 0.1) is 5.92 Å². The third-order valence-electron chi connectivity index (χ3n) is 3.98. The van der Waals surface area contributed by atoms with Gasteiger partial charge >= 0.3 is 0 Å². The number of hydrogen-bond acceptors (Lipinski definition) is 4. The fraction of sp³-hybridized carbons (Fsp3) is 0.733. The molecule has 0 aromatic carbocycles. The van der Waals surface area contributed by atoms with E-state index in [1.165, 1.54) is 12.8 Å². The number of hydrogen-bond donors (Lipinski definition) is 1. The Bertz CT molecular complexity index is 419. The molecule has 112 valence electrons. The molecular formula is C15H24ClN3O. The normalized spacial score (nSPS) is 26.2. The molecule has 1 aromatic rings. The monoisotopic (exact) mass is 297 g/mol. The lowest BCUT2D eigenvalue weighted by atomic mass is 9.78. The van der Waals surface area contributed by atoms with E-state index >= 15 is 0 Å². The molecule has 0 saturated heterocycles. The molecule has 1 aliphatic carbocycles. The van der Waals surface area contributed by atoms with Crippen LogP contribution >= 0.6 is 11.6 Å². The molecular weight excluding hydrogens is 274 g/mol. The van der Waals surface area contributed by atoms with Crippen molar-refractivity contribution in [3.05, 3.63) is 12.4 Å². The number of halogens is 1. The molecule has 1 heterocycles. The van der Waals surface area contributed by atoms with Gasteiger partial charge < -0.3 is 10.1 Å². The Labute approximate surface area is 126 Å². The van der Waals surface area contributed by atoms with Gasteiger partial charge in [0.05, 0.1) is 12.1 Å². The van der Waals surface area contributed by atoms with Crippen LogP contribution in [-0.2, 0) is 0 Å². The largest absolute Gasteiger partial charge is 0.478 e. The minimum absolute atomic E-state index is 0.0373. The zero-order valence-electron chi connectivity index (χ0n) is 12.4. The van der Waals surface area contributed by atoms with Crippen LogP contribution in [0.2, 0.25) is 0 Å². The second kappa shape index (κ2) is 7.11. The summed E-state index contributed by atoms with van der Waals surface area (Å²) in [5.41, 5.74) is -0.0373. The van der Waals surface area contributed by atoms with Crippen LogP contribution in [0.4, 0.5) is 5.82 Å². The average Bonchev–Trinajstić information content (AvgIpc) is 2.48. The third kappa shape index (κ3) is 3.98. The van der Waals surface area contributed by atoms with Gasteiger partial charge in [-0.1, -0.05) is 13.8 Å². The van der Waals surface area contributed by atoms with Crippen LogP contribution in [0.1, 0.15) is 46.0 Å². The van der Waals surface area contributed by atoms with Gasteiger partial charge in [0.25, 0.3) is 0 Å². The Balaban J connectivity index is 2.03. The number of aromatic nitrogens is 2. The third-order valence-corrected chi connectivity index (χ3v) is 4.49. The number of nitrogens with zero attached hydrogens (tertiary/aromatic N) is 2. The van der Waals surface area contributed by atoms with Gasteiger partial charge in [-0.3, -0.25) is 0 Å². The summed E-state index contributed by atoms with van der Waals surface area (Å²) >= 11 is 6.22. The van der Waals surface area contributed by atoms with E-state index in [9.17, 15) is 0 Å². The van der Waals surface area contributed by atoms with Gasteiger partial charge in [0, 0.05) is 11.9 Å². The number of rotatable bonds is 6. The molecule has 5 heteroatoms. The maximum absolute atomic E-state index is 6.22. The van der Waals surface area contributed by atoms with E-state index < -0.39 is 0 Å². The van der Waals surface area contributed by atoms with Crippen LogP contribution in [-0.4, -0.2) is 28.0 Å². The first-order valence-corrected chi connectivity index (χ1v) is 8.00. The highest BCUT2D eigenvalue weighted by atomic mass is 35.5. The van der Waals surface area contributed by atoms with Gasteiger partial charge in [0.15, 0.2) is 0 Å². The minimum Gasteiger partial charge on any atom is -0.478 e. The first-order valence-electron chi connectivity index (χ1n) is 7.46. The molecule has 0 amide bonds. The Morgan fingerprint density at radius 3 is 2.80 bits per heavy atom. The van der Waals surface area contributed by atoms with Crippen molar-refractivity contribution in [3.8, 4) is 5.88 Å². The van der Waals surface area contributed by atoms with Crippen molar-refractivity contribution in [2.45, 2.75) is 51.5 Å². The van der Waals surface area contributed by atoms with Gasteiger partial charge in [0.1, 0.15) is 12.1 Å². The van der Waals surface area contributed by atoms with Gasteiger partial charge in [-0.15, -0.1) is 11.6 Å². The lowest BCUT2D eigenvalue weighted by Gasteiger charge is -2.39. The zero-order valence-corrected chi connectivity index (χ0v) is 13.1. The summed E-state index contributed by atoms with van der Waals surface area (Å²) in [4.78, 5) is 8.42. The van der Waals surface area contributed by atoms with Crippen LogP contribution in [0.3, 0.4) is 0 Å². The number of anilines is 1. The summed E-state index contributed by atoms with van der Waals surface area (Å²) in [5.74, 6) is 2.83. The summed E-state index contributed by atoms with van der Waals surface area (Å²) in [5, 5.41) is 3.52. The highest BCUT2D eigenvalue weighted by Gasteiger charge is 2.33. The smallest absolute Gasteiger partial charge is 0.218 e.